The lowest BCUT2D eigenvalue weighted by molar-refractivity contribution is -0.143. The number of hydrogen-bond acceptors (Lipinski definition) is 5. The summed E-state index contributed by atoms with van der Waals surface area (Å²) in [5, 5.41) is 7.09. The van der Waals surface area contributed by atoms with Crippen LogP contribution < -0.4 is 5.32 Å². The third-order valence-electron chi connectivity index (χ3n) is 5.36. The Kier molecular flexibility index (Phi) is 4.84. The van der Waals surface area contributed by atoms with Crippen molar-refractivity contribution in [2.75, 3.05) is 33.2 Å². The molecule has 3 heterocycles. The van der Waals surface area contributed by atoms with E-state index in [0.717, 1.165) is 19.5 Å². The fourth-order valence-electron chi connectivity index (χ4n) is 3.77. The van der Waals surface area contributed by atoms with E-state index in [4.69, 9.17) is 0 Å². The zero-order valence-corrected chi connectivity index (χ0v) is 14.4. The number of rotatable bonds is 3. The molecule has 1 spiro atoms. The van der Waals surface area contributed by atoms with Crippen LogP contribution in [0.4, 0.5) is 0 Å². The molecule has 2 aliphatic rings. The molecule has 0 saturated carbocycles. The Bertz CT molecular complexity index is 579. The average Bonchev–Trinajstić information content (AvgIpc) is 3.06. The van der Waals surface area contributed by atoms with E-state index in [0.29, 0.717) is 32.5 Å². The van der Waals surface area contributed by atoms with Gasteiger partial charge in [0.05, 0.1) is 12.5 Å². The molecular weight excluding hydrogens is 308 g/mol. The lowest BCUT2D eigenvalue weighted by atomic mass is 9.84. The molecule has 24 heavy (non-hydrogen) atoms. The molecule has 0 aliphatic carbocycles. The highest BCUT2D eigenvalue weighted by molar-refractivity contribution is 5.87. The van der Waals surface area contributed by atoms with Gasteiger partial charge in [0, 0.05) is 26.2 Å². The number of likely N-dealkylation sites (N-methyl/N-ethyl adjacent to an activating group) is 1. The first-order valence-electron chi connectivity index (χ1n) is 8.64. The van der Waals surface area contributed by atoms with Crippen LogP contribution in [-0.4, -0.2) is 75.1 Å². The number of carbonyl (C=O) groups is 2. The summed E-state index contributed by atoms with van der Waals surface area (Å²) in [6.45, 7) is 5.34. The van der Waals surface area contributed by atoms with Crippen molar-refractivity contribution in [3.63, 3.8) is 0 Å². The summed E-state index contributed by atoms with van der Waals surface area (Å²) in [4.78, 5) is 33.2. The van der Waals surface area contributed by atoms with Gasteiger partial charge in [0.15, 0.2) is 0 Å². The zero-order valence-electron chi connectivity index (χ0n) is 14.4. The molecule has 0 aromatic carbocycles. The summed E-state index contributed by atoms with van der Waals surface area (Å²) in [6, 6.07) is 0. The van der Waals surface area contributed by atoms with E-state index in [1.807, 2.05) is 18.9 Å². The maximum Gasteiger partial charge on any atom is 0.240 e. The standard InChI is InChI=1S/C16H26N6O2/c1-13(10-22-12-17-11-19-22)14(23)21-8-4-16(5-9-21)15(24)18-6-3-7-20(16)2/h11-13H,3-10H2,1-2H3,(H,18,24)/t13-/m0/s1. The minimum absolute atomic E-state index is 0.116. The second-order valence-corrected chi connectivity index (χ2v) is 6.91. The molecule has 8 heteroatoms. The summed E-state index contributed by atoms with van der Waals surface area (Å²) < 4.78 is 1.68. The van der Waals surface area contributed by atoms with Gasteiger partial charge in [-0.2, -0.15) is 5.10 Å². The van der Waals surface area contributed by atoms with Crippen molar-refractivity contribution in [3.8, 4) is 0 Å². The van der Waals surface area contributed by atoms with E-state index in [2.05, 4.69) is 20.3 Å². The monoisotopic (exact) mass is 334 g/mol. The second kappa shape index (κ2) is 6.88. The Balaban J connectivity index is 1.61. The predicted octanol–water partition coefficient (Wildman–Crippen LogP) is -0.273. The van der Waals surface area contributed by atoms with Crippen LogP contribution in [0.3, 0.4) is 0 Å². The van der Waals surface area contributed by atoms with Crippen molar-refractivity contribution in [2.24, 2.45) is 5.92 Å². The van der Waals surface area contributed by atoms with Crippen molar-refractivity contribution in [3.05, 3.63) is 12.7 Å². The fourth-order valence-corrected chi connectivity index (χ4v) is 3.77. The number of piperidine rings is 1. The van der Waals surface area contributed by atoms with Crippen molar-refractivity contribution >= 4 is 11.8 Å². The summed E-state index contributed by atoms with van der Waals surface area (Å²) >= 11 is 0. The highest BCUT2D eigenvalue weighted by Crippen LogP contribution is 2.30. The van der Waals surface area contributed by atoms with Gasteiger partial charge in [-0.05, 0) is 26.3 Å². The van der Waals surface area contributed by atoms with E-state index in [-0.39, 0.29) is 17.7 Å². The van der Waals surface area contributed by atoms with Gasteiger partial charge in [0.1, 0.15) is 18.2 Å². The molecule has 0 radical (unpaired) electrons. The molecular formula is C16H26N6O2. The van der Waals surface area contributed by atoms with Crippen molar-refractivity contribution < 1.29 is 9.59 Å². The van der Waals surface area contributed by atoms with Gasteiger partial charge in [-0.25, -0.2) is 4.98 Å². The van der Waals surface area contributed by atoms with Gasteiger partial charge in [0.2, 0.25) is 11.8 Å². The average molecular weight is 334 g/mol. The normalized spacial score (nSPS) is 22.9. The van der Waals surface area contributed by atoms with Crippen molar-refractivity contribution in [1.29, 1.82) is 0 Å². The molecule has 0 unspecified atom stereocenters. The molecule has 1 aromatic heterocycles. The van der Waals surface area contributed by atoms with Crippen LogP contribution in [0.25, 0.3) is 0 Å². The molecule has 2 fully saturated rings. The quantitative estimate of drug-likeness (QED) is 0.822. The number of aromatic nitrogens is 3. The largest absolute Gasteiger partial charge is 0.354 e. The van der Waals surface area contributed by atoms with Gasteiger partial charge in [-0.15, -0.1) is 0 Å². The van der Waals surface area contributed by atoms with E-state index in [1.165, 1.54) is 6.33 Å². The Morgan fingerprint density at radius 1 is 1.38 bits per heavy atom. The molecule has 1 atom stereocenters. The summed E-state index contributed by atoms with van der Waals surface area (Å²) in [6.07, 6.45) is 5.46. The number of nitrogens with zero attached hydrogens (tertiary/aromatic N) is 5. The number of nitrogens with one attached hydrogen (secondary N) is 1. The van der Waals surface area contributed by atoms with Crippen LogP contribution in [0, 0.1) is 5.92 Å². The molecule has 2 aliphatic heterocycles. The van der Waals surface area contributed by atoms with Crippen molar-refractivity contribution in [2.45, 2.75) is 38.3 Å². The smallest absolute Gasteiger partial charge is 0.240 e. The van der Waals surface area contributed by atoms with Crippen LogP contribution in [0.15, 0.2) is 12.7 Å². The Morgan fingerprint density at radius 2 is 2.12 bits per heavy atom. The first-order valence-corrected chi connectivity index (χ1v) is 8.64. The van der Waals surface area contributed by atoms with E-state index in [9.17, 15) is 9.59 Å². The second-order valence-electron chi connectivity index (χ2n) is 6.91. The molecule has 8 nitrogen and oxygen atoms in total. The van der Waals surface area contributed by atoms with Crippen molar-refractivity contribution in [1.82, 2.24) is 29.9 Å². The highest BCUT2D eigenvalue weighted by atomic mass is 16.2. The number of hydrogen-bond donors (Lipinski definition) is 1. The first kappa shape index (κ1) is 16.9. The highest BCUT2D eigenvalue weighted by Gasteiger charge is 2.46. The van der Waals surface area contributed by atoms with Crippen LogP contribution in [0.1, 0.15) is 26.2 Å². The van der Waals surface area contributed by atoms with Gasteiger partial charge in [0.25, 0.3) is 0 Å². The van der Waals surface area contributed by atoms with E-state index >= 15 is 0 Å². The molecule has 2 amide bonds. The van der Waals surface area contributed by atoms with Crippen LogP contribution in [-0.2, 0) is 16.1 Å². The number of amides is 2. The van der Waals surface area contributed by atoms with Gasteiger partial charge >= 0.3 is 0 Å². The van der Waals surface area contributed by atoms with E-state index in [1.54, 1.807) is 11.0 Å². The Hall–Kier alpha value is -1.96. The fraction of sp³-hybridized carbons (Fsp3) is 0.750. The predicted molar refractivity (Wildman–Crippen MR) is 88.0 cm³/mol. The van der Waals surface area contributed by atoms with Crippen LogP contribution in [0.2, 0.25) is 0 Å². The van der Waals surface area contributed by atoms with Gasteiger partial charge in [-0.3, -0.25) is 19.2 Å². The van der Waals surface area contributed by atoms with Gasteiger partial charge < -0.3 is 10.2 Å². The summed E-state index contributed by atoms with van der Waals surface area (Å²) in [5.74, 6) is 0.0868. The third kappa shape index (κ3) is 3.15. The van der Waals surface area contributed by atoms with Gasteiger partial charge in [-0.1, -0.05) is 6.92 Å². The Labute approximate surface area is 142 Å². The lowest BCUT2D eigenvalue weighted by Crippen LogP contribution is -2.61. The number of likely N-dealkylation sites (tertiary alicyclic amines) is 1. The lowest BCUT2D eigenvalue weighted by Gasteiger charge is -2.45. The topological polar surface area (TPSA) is 83.4 Å². The maximum absolute atomic E-state index is 12.7. The molecule has 1 N–H and O–H groups in total. The van der Waals surface area contributed by atoms with E-state index < -0.39 is 5.54 Å². The molecule has 2 saturated heterocycles. The Morgan fingerprint density at radius 3 is 2.79 bits per heavy atom. The van der Waals surface area contributed by atoms with Crippen LogP contribution in [0.5, 0.6) is 0 Å². The first-order chi connectivity index (χ1) is 11.5. The maximum atomic E-state index is 12.7. The molecule has 132 valence electrons. The molecule has 0 bridgehead atoms. The molecule has 1 aromatic rings. The number of carbonyl (C=O) groups excluding carboxylic acids is 2. The third-order valence-corrected chi connectivity index (χ3v) is 5.36. The summed E-state index contributed by atoms with van der Waals surface area (Å²) in [7, 11) is 2.02. The SMILES string of the molecule is C[C@@H](Cn1cncn1)C(=O)N1CCC2(CC1)C(=O)NCCCN2C. The summed E-state index contributed by atoms with van der Waals surface area (Å²) in [5.41, 5.74) is -0.456. The van der Waals surface area contributed by atoms with Crippen LogP contribution >= 0.6 is 0 Å². The zero-order chi connectivity index (χ0) is 17.2. The molecule has 3 rings (SSSR count). The minimum Gasteiger partial charge on any atom is -0.354 e. The minimum atomic E-state index is -0.456.